The molecular weight excluding hydrogens is 106 g/mol. The molecule has 0 atom stereocenters. The van der Waals surface area contributed by atoms with E-state index in [0.29, 0.717) is 0 Å². The van der Waals surface area contributed by atoms with Crippen molar-refractivity contribution in [3.8, 4) is 0 Å². The number of carbonyl (C=O) groups excluding carboxylic acids is 1. The summed E-state index contributed by atoms with van der Waals surface area (Å²) in [6, 6.07) is 0. The molecule has 1 radical (unpaired) electrons. The van der Waals surface area contributed by atoms with Gasteiger partial charge in [0.15, 0.2) is 0 Å². The minimum atomic E-state index is -0.539. The normalized spacial score (nSPS) is 9.00. The Bertz CT molecular complexity index is 179. The molecule has 0 fully saturated rings. The van der Waals surface area contributed by atoms with Gasteiger partial charge in [0.25, 0.3) is 5.91 Å². The molecule has 41 valence electrons. The number of nitrogens with two attached hydrogens (primary N) is 1. The lowest BCUT2D eigenvalue weighted by Gasteiger charge is -1.79. The number of hydrogen-bond donors (Lipinski definition) is 2. The van der Waals surface area contributed by atoms with Gasteiger partial charge in [-0.25, -0.2) is 4.98 Å². The van der Waals surface area contributed by atoms with Crippen LogP contribution in [0.15, 0.2) is 6.33 Å². The van der Waals surface area contributed by atoms with Crippen LogP contribution in [0.1, 0.15) is 10.5 Å². The number of rotatable bonds is 1. The summed E-state index contributed by atoms with van der Waals surface area (Å²) in [6.45, 7) is 0. The molecule has 1 rings (SSSR count). The lowest BCUT2D eigenvalue weighted by molar-refractivity contribution is 0.0996. The third kappa shape index (κ3) is 0.676. The summed E-state index contributed by atoms with van der Waals surface area (Å²) in [7, 11) is 0. The van der Waals surface area contributed by atoms with Crippen molar-refractivity contribution in [2.45, 2.75) is 0 Å². The molecule has 0 aliphatic carbocycles. The van der Waals surface area contributed by atoms with Crippen molar-refractivity contribution in [3.63, 3.8) is 0 Å². The molecule has 0 aliphatic heterocycles. The molecule has 4 heteroatoms. The summed E-state index contributed by atoms with van der Waals surface area (Å²) in [5, 5.41) is 0. The second-order valence-electron chi connectivity index (χ2n) is 1.25. The fourth-order valence-corrected chi connectivity index (χ4v) is 0.352. The summed E-state index contributed by atoms with van der Waals surface area (Å²) in [5.74, 6) is -0.539. The molecule has 0 aliphatic rings. The summed E-state index contributed by atoms with van der Waals surface area (Å²) in [4.78, 5) is 16.1. The van der Waals surface area contributed by atoms with Crippen LogP contribution in [0, 0.1) is 6.20 Å². The Hall–Kier alpha value is -1.32. The molecule has 0 unspecified atom stereocenters. The Balaban J connectivity index is 2.93. The number of amides is 1. The van der Waals surface area contributed by atoms with Crippen LogP contribution >= 0.6 is 0 Å². The van der Waals surface area contributed by atoms with Crippen LogP contribution in [0.2, 0.25) is 0 Å². The average Bonchev–Trinajstić information content (AvgIpc) is 2.12. The Kier molecular flexibility index (Phi) is 0.997. The number of hydrogen-bond acceptors (Lipinski definition) is 2. The quantitative estimate of drug-likeness (QED) is 0.502. The number of carbonyl (C=O) groups is 1. The van der Waals surface area contributed by atoms with Crippen LogP contribution in [0.3, 0.4) is 0 Å². The predicted molar refractivity (Wildman–Crippen MR) is 25.9 cm³/mol. The predicted octanol–water partition coefficient (Wildman–Crippen LogP) is -0.691. The largest absolute Gasteiger partial charge is 0.364 e. The number of aromatic nitrogens is 2. The number of nitrogens with zero attached hydrogens (tertiary/aromatic N) is 1. The Morgan fingerprint density at radius 1 is 2.00 bits per heavy atom. The first-order chi connectivity index (χ1) is 3.80. The lowest BCUT2D eigenvalue weighted by Crippen LogP contribution is -2.10. The van der Waals surface area contributed by atoms with E-state index < -0.39 is 5.91 Å². The molecule has 1 heterocycles. The lowest BCUT2D eigenvalue weighted by atomic mass is 10.5. The standard InChI is InChI=1S/C4H4N3O/c5-4(8)3-1-6-2-7-3/h2H,(H2,5,8)(H,6,7). The van der Waals surface area contributed by atoms with Crippen molar-refractivity contribution >= 4 is 5.91 Å². The Morgan fingerprint density at radius 2 is 2.75 bits per heavy atom. The van der Waals surface area contributed by atoms with Gasteiger partial charge in [-0.2, -0.15) is 0 Å². The van der Waals surface area contributed by atoms with Crippen LogP contribution in [0.5, 0.6) is 0 Å². The van der Waals surface area contributed by atoms with Gasteiger partial charge in [-0.3, -0.25) is 4.79 Å². The maximum absolute atomic E-state index is 10.2. The summed E-state index contributed by atoms with van der Waals surface area (Å²) < 4.78 is 0. The van der Waals surface area contributed by atoms with Gasteiger partial charge in [0.2, 0.25) is 0 Å². The minimum absolute atomic E-state index is 0.213. The van der Waals surface area contributed by atoms with E-state index in [4.69, 9.17) is 5.73 Å². The van der Waals surface area contributed by atoms with Crippen molar-refractivity contribution < 1.29 is 4.79 Å². The molecule has 3 N–H and O–H groups in total. The van der Waals surface area contributed by atoms with Crippen molar-refractivity contribution in [2.24, 2.45) is 5.73 Å². The number of H-pyrrole nitrogens is 1. The third-order valence-corrected chi connectivity index (χ3v) is 0.696. The van der Waals surface area contributed by atoms with Crippen LogP contribution in [-0.2, 0) is 0 Å². The molecule has 0 saturated carbocycles. The van der Waals surface area contributed by atoms with Crippen LogP contribution < -0.4 is 5.73 Å². The highest BCUT2D eigenvalue weighted by molar-refractivity contribution is 5.90. The first-order valence-electron chi connectivity index (χ1n) is 2.01. The van der Waals surface area contributed by atoms with Crippen LogP contribution in [0.4, 0.5) is 0 Å². The van der Waals surface area contributed by atoms with Gasteiger partial charge in [0.05, 0.1) is 6.33 Å². The van der Waals surface area contributed by atoms with Crippen LogP contribution in [0.25, 0.3) is 0 Å². The third-order valence-electron chi connectivity index (χ3n) is 0.696. The number of imidazole rings is 1. The van der Waals surface area contributed by atoms with Gasteiger partial charge >= 0.3 is 0 Å². The second-order valence-corrected chi connectivity index (χ2v) is 1.25. The highest BCUT2D eigenvalue weighted by atomic mass is 16.1. The molecule has 0 aromatic carbocycles. The Labute approximate surface area is 45.7 Å². The van der Waals surface area contributed by atoms with Gasteiger partial charge < -0.3 is 10.7 Å². The first kappa shape index (κ1) is 4.83. The maximum atomic E-state index is 10.2. The van der Waals surface area contributed by atoms with E-state index in [2.05, 4.69) is 16.2 Å². The monoisotopic (exact) mass is 110 g/mol. The van der Waals surface area contributed by atoms with E-state index in [1.807, 2.05) is 0 Å². The molecular formula is C4H4N3O. The van der Waals surface area contributed by atoms with Crippen LogP contribution in [-0.4, -0.2) is 15.9 Å². The minimum Gasteiger partial charge on any atom is -0.364 e. The van der Waals surface area contributed by atoms with Gasteiger partial charge in [-0.15, -0.1) is 0 Å². The van der Waals surface area contributed by atoms with E-state index in [9.17, 15) is 4.79 Å². The summed E-state index contributed by atoms with van der Waals surface area (Å²) >= 11 is 0. The zero-order chi connectivity index (χ0) is 5.98. The number of aromatic amines is 1. The van der Waals surface area contributed by atoms with Crippen molar-refractivity contribution in [3.05, 3.63) is 18.2 Å². The fourth-order valence-electron chi connectivity index (χ4n) is 0.352. The number of primary amides is 1. The molecule has 0 spiro atoms. The highest BCUT2D eigenvalue weighted by Crippen LogP contribution is 1.83. The van der Waals surface area contributed by atoms with E-state index in [0.717, 1.165) is 0 Å². The van der Waals surface area contributed by atoms with E-state index in [-0.39, 0.29) is 5.69 Å². The molecule has 1 aromatic heterocycles. The number of nitrogens with one attached hydrogen (secondary N) is 1. The fraction of sp³-hybridized carbons (Fsp3) is 0. The summed E-state index contributed by atoms with van der Waals surface area (Å²) in [6.07, 6.45) is 3.70. The van der Waals surface area contributed by atoms with Gasteiger partial charge in [0.1, 0.15) is 11.9 Å². The maximum Gasteiger partial charge on any atom is 0.267 e. The topological polar surface area (TPSA) is 71.8 Å². The molecule has 4 nitrogen and oxygen atoms in total. The van der Waals surface area contributed by atoms with E-state index in [1.165, 1.54) is 6.33 Å². The average molecular weight is 110 g/mol. The smallest absolute Gasteiger partial charge is 0.267 e. The van der Waals surface area contributed by atoms with Gasteiger partial charge in [0, 0.05) is 0 Å². The molecule has 1 aromatic rings. The van der Waals surface area contributed by atoms with Gasteiger partial charge in [-0.05, 0) is 0 Å². The Morgan fingerprint density at radius 3 is 3.00 bits per heavy atom. The van der Waals surface area contributed by atoms with Crippen molar-refractivity contribution in [2.75, 3.05) is 0 Å². The van der Waals surface area contributed by atoms with E-state index in [1.54, 1.807) is 0 Å². The van der Waals surface area contributed by atoms with Crippen molar-refractivity contribution in [1.29, 1.82) is 0 Å². The second kappa shape index (κ2) is 1.65. The zero-order valence-corrected chi connectivity index (χ0v) is 4.01. The van der Waals surface area contributed by atoms with Gasteiger partial charge in [-0.1, -0.05) is 0 Å². The summed E-state index contributed by atoms with van der Waals surface area (Å²) in [5.41, 5.74) is 5.03. The molecule has 8 heavy (non-hydrogen) atoms. The van der Waals surface area contributed by atoms with E-state index >= 15 is 0 Å². The van der Waals surface area contributed by atoms with Crippen molar-refractivity contribution in [1.82, 2.24) is 9.97 Å². The highest BCUT2D eigenvalue weighted by Gasteiger charge is 1.97. The zero-order valence-electron chi connectivity index (χ0n) is 4.01. The molecule has 0 saturated heterocycles. The first-order valence-corrected chi connectivity index (χ1v) is 2.01. The SMILES string of the molecule is NC(=O)c1[c]nc[nH]1. The molecule has 1 amide bonds. The molecule has 0 bridgehead atoms.